The lowest BCUT2D eigenvalue weighted by Crippen LogP contribution is -2.63. The summed E-state index contributed by atoms with van der Waals surface area (Å²) in [5.41, 5.74) is -1.04. The lowest BCUT2D eigenvalue weighted by molar-refractivity contribution is -0.372. The molecule has 0 saturated carbocycles. The molecule has 0 saturated heterocycles. The van der Waals surface area contributed by atoms with Gasteiger partial charge in [-0.2, -0.15) is 35.1 Å². The number of ether oxygens (including phenoxy) is 3. The van der Waals surface area contributed by atoms with Gasteiger partial charge in [-0.05, 0) is 27.2 Å². The van der Waals surface area contributed by atoms with E-state index >= 15 is 0 Å². The number of alkyl halides is 8. The van der Waals surface area contributed by atoms with Gasteiger partial charge >= 0.3 is 41.6 Å². The molecule has 0 aliphatic rings. The van der Waals surface area contributed by atoms with Crippen molar-refractivity contribution in [3.8, 4) is 0 Å². The summed E-state index contributed by atoms with van der Waals surface area (Å²) in [6.45, 7) is 11.7. The van der Waals surface area contributed by atoms with E-state index in [9.17, 15) is 54.6 Å². The molecule has 0 amide bonds. The van der Waals surface area contributed by atoms with Gasteiger partial charge in [-0.1, -0.05) is 19.7 Å². The van der Waals surface area contributed by atoms with Gasteiger partial charge in [0.05, 0.1) is 13.0 Å². The summed E-state index contributed by atoms with van der Waals surface area (Å²) in [7, 11) is 0. The minimum absolute atomic E-state index is 0.178. The highest BCUT2D eigenvalue weighted by atomic mass is 19.4. The smallest absolute Gasteiger partial charge is 0.378 e. The highest BCUT2D eigenvalue weighted by molar-refractivity contribution is 5.88. The van der Waals surface area contributed by atoms with Crippen LogP contribution in [0.1, 0.15) is 40.0 Å². The molecule has 212 valence electrons. The number of carbonyl (C=O) groups excluding carboxylic acids is 3. The Morgan fingerprint density at radius 2 is 1.11 bits per heavy atom. The maximum absolute atomic E-state index is 14.3. The van der Waals surface area contributed by atoms with Crippen molar-refractivity contribution in [2.24, 2.45) is 0 Å². The van der Waals surface area contributed by atoms with Crippen molar-refractivity contribution < 1.29 is 68.8 Å². The van der Waals surface area contributed by atoms with Crippen LogP contribution in [-0.2, 0) is 28.6 Å². The number of hydrogen-bond donors (Lipinski definition) is 1. The zero-order chi connectivity index (χ0) is 29.6. The van der Waals surface area contributed by atoms with Gasteiger partial charge < -0.3 is 19.3 Å². The minimum atomic E-state index is -6.78. The van der Waals surface area contributed by atoms with Crippen molar-refractivity contribution >= 4 is 17.9 Å². The van der Waals surface area contributed by atoms with Crippen molar-refractivity contribution in [1.82, 2.24) is 0 Å². The van der Waals surface area contributed by atoms with E-state index in [0.29, 0.717) is 0 Å². The molecule has 0 aliphatic carbocycles. The zero-order valence-corrected chi connectivity index (χ0v) is 20.0. The van der Waals surface area contributed by atoms with Gasteiger partial charge in [0.1, 0.15) is 6.10 Å². The molecule has 0 radical (unpaired) electrons. The summed E-state index contributed by atoms with van der Waals surface area (Å²) < 4.78 is 126. The predicted molar refractivity (Wildman–Crippen MR) is 111 cm³/mol. The molecule has 0 aromatic rings. The highest BCUT2D eigenvalue weighted by Gasteiger charge is 2.80. The van der Waals surface area contributed by atoms with Crippen LogP contribution in [0.5, 0.6) is 0 Å². The molecular weight excluding hydrogens is 528 g/mol. The fourth-order valence-corrected chi connectivity index (χ4v) is 2.28. The Kier molecular flexibility index (Phi) is 11.5. The maximum atomic E-state index is 14.3. The molecule has 1 unspecified atom stereocenters. The minimum Gasteiger partial charge on any atom is -0.462 e. The third-order valence-electron chi connectivity index (χ3n) is 4.45. The number of halogens is 8. The second kappa shape index (κ2) is 12.5. The topological polar surface area (TPSA) is 99.1 Å². The van der Waals surface area contributed by atoms with Crippen LogP contribution >= 0.6 is 0 Å². The largest absolute Gasteiger partial charge is 0.462 e. The Morgan fingerprint density at radius 3 is 1.49 bits per heavy atom. The van der Waals surface area contributed by atoms with E-state index < -0.39 is 91.0 Å². The number of carbonyl (C=O) groups is 3. The van der Waals surface area contributed by atoms with E-state index in [1.54, 1.807) is 0 Å². The Labute approximate surface area is 206 Å². The first kappa shape index (κ1) is 34.0. The van der Waals surface area contributed by atoms with E-state index in [2.05, 4.69) is 33.9 Å². The number of hydrogen-bond acceptors (Lipinski definition) is 7. The van der Waals surface area contributed by atoms with E-state index in [1.807, 2.05) is 0 Å². The van der Waals surface area contributed by atoms with E-state index in [1.165, 1.54) is 6.92 Å². The summed E-state index contributed by atoms with van der Waals surface area (Å²) in [5.74, 6) is -29.3. The van der Waals surface area contributed by atoms with Crippen LogP contribution in [0.3, 0.4) is 0 Å². The normalized spacial score (nSPS) is 13.5. The first-order valence-corrected chi connectivity index (χ1v) is 10.3. The molecule has 7 nitrogen and oxygen atoms in total. The van der Waals surface area contributed by atoms with Crippen LogP contribution in [0.25, 0.3) is 0 Å². The average Bonchev–Trinajstić information content (AvgIpc) is 2.74. The Balaban J connectivity index is 5.79. The molecule has 0 aliphatic heterocycles. The lowest BCUT2D eigenvalue weighted by Gasteiger charge is -2.38. The van der Waals surface area contributed by atoms with Gasteiger partial charge in [-0.15, -0.1) is 0 Å². The monoisotopic (exact) mass is 554 g/mol. The quantitative estimate of drug-likeness (QED) is 0.103. The number of rotatable bonds is 15. The van der Waals surface area contributed by atoms with Gasteiger partial charge in [0, 0.05) is 23.1 Å². The Morgan fingerprint density at radius 1 is 0.730 bits per heavy atom. The van der Waals surface area contributed by atoms with Gasteiger partial charge in [0.25, 0.3) is 6.29 Å². The van der Waals surface area contributed by atoms with Gasteiger partial charge in [-0.25, -0.2) is 14.4 Å². The van der Waals surface area contributed by atoms with Crippen molar-refractivity contribution in [2.45, 2.75) is 76.1 Å². The first-order valence-electron chi connectivity index (χ1n) is 10.3. The standard InChI is InChI=1S/C22H26F8O7/c1-11(2)15(32)35-9-7-8-19(23,24)21(27,28)22(29,30)20(25,26)10-14(31)18(36-16(33)12(3)4)37-17(34)13(5)6/h14,18,31H,1,3,5,7-10H2,2,4,6H3. The molecule has 0 spiro atoms. The summed E-state index contributed by atoms with van der Waals surface area (Å²) in [4.78, 5) is 34.4. The Hall–Kier alpha value is -2.97. The van der Waals surface area contributed by atoms with Crippen molar-refractivity contribution in [1.29, 1.82) is 0 Å². The van der Waals surface area contributed by atoms with Crippen LogP contribution < -0.4 is 0 Å². The van der Waals surface area contributed by atoms with Crippen LogP contribution in [0.15, 0.2) is 36.5 Å². The summed E-state index contributed by atoms with van der Waals surface area (Å²) in [5, 5.41) is 9.89. The SMILES string of the molecule is C=C(C)C(=O)OCCCC(F)(F)C(F)(F)C(F)(F)C(F)(F)CC(O)C(OC(=O)C(=C)C)OC(=O)C(=C)C. The van der Waals surface area contributed by atoms with Crippen LogP contribution in [-0.4, -0.2) is 65.7 Å². The fraction of sp³-hybridized carbons (Fsp3) is 0.591. The zero-order valence-electron chi connectivity index (χ0n) is 20.0. The molecule has 1 N–H and O–H groups in total. The number of esters is 3. The molecule has 0 fully saturated rings. The summed E-state index contributed by atoms with van der Waals surface area (Å²) >= 11 is 0. The van der Waals surface area contributed by atoms with Crippen molar-refractivity contribution in [3.05, 3.63) is 36.5 Å². The highest BCUT2D eigenvalue weighted by Crippen LogP contribution is 2.55. The molecule has 15 heteroatoms. The first-order chi connectivity index (χ1) is 16.5. The summed E-state index contributed by atoms with van der Waals surface area (Å²) in [6.07, 6.45) is -11.7. The van der Waals surface area contributed by atoms with E-state index in [0.717, 1.165) is 13.8 Å². The van der Waals surface area contributed by atoms with Crippen molar-refractivity contribution in [2.75, 3.05) is 6.61 Å². The van der Waals surface area contributed by atoms with Crippen LogP contribution in [0.4, 0.5) is 35.1 Å². The number of aliphatic hydroxyl groups excluding tert-OH is 1. The lowest BCUT2D eigenvalue weighted by atomic mass is 9.92. The molecular formula is C22H26F8O7. The number of aliphatic hydroxyl groups is 1. The third-order valence-corrected chi connectivity index (χ3v) is 4.45. The maximum Gasteiger partial charge on any atom is 0.378 e. The molecule has 1 atom stereocenters. The van der Waals surface area contributed by atoms with Crippen LogP contribution in [0.2, 0.25) is 0 Å². The average molecular weight is 554 g/mol. The predicted octanol–water partition coefficient (Wildman–Crippen LogP) is 4.74. The second-order valence-corrected chi connectivity index (χ2v) is 8.09. The molecule has 0 aromatic heterocycles. The molecule has 0 rings (SSSR count). The fourth-order valence-electron chi connectivity index (χ4n) is 2.28. The molecule has 0 heterocycles. The molecule has 37 heavy (non-hydrogen) atoms. The Bertz CT molecular complexity index is 887. The third kappa shape index (κ3) is 8.54. The molecule has 0 aromatic carbocycles. The van der Waals surface area contributed by atoms with Gasteiger partial charge in [-0.3, -0.25) is 0 Å². The second-order valence-electron chi connectivity index (χ2n) is 8.09. The van der Waals surface area contributed by atoms with E-state index in [4.69, 9.17) is 0 Å². The summed E-state index contributed by atoms with van der Waals surface area (Å²) in [6, 6.07) is 0. The van der Waals surface area contributed by atoms with Crippen LogP contribution in [0, 0.1) is 0 Å². The molecule has 0 bridgehead atoms. The van der Waals surface area contributed by atoms with Gasteiger partial charge in [0.2, 0.25) is 0 Å². The van der Waals surface area contributed by atoms with E-state index in [-0.39, 0.29) is 5.57 Å². The van der Waals surface area contributed by atoms with Gasteiger partial charge in [0.15, 0.2) is 0 Å². The van der Waals surface area contributed by atoms with Crippen molar-refractivity contribution in [3.63, 3.8) is 0 Å².